The Hall–Kier alpha value is -0.210. The summed E-state index contributed by atoms with van der Waals surface area (Å²) in [5.41, 5.74) is 0.602. The van der Waals surface area contributed by atoms with Crippen molar-refractivity contribution in [2.45, 2.75) is 103 Å². The molecule has 0 bridgehead atoms. The van der Waals surface area contributed by atoms with E-state index in [0.29, 0.717) is 23.9 Å². The lowest BCUT2D eigenvalue weighted by atomic mass is 9.44. The van der Waals surface area contributed by atoms with Gasteiger partial charge in [-0.1, -0.05) is 33.6 Å². The Bertz CT molecular complexity index is 897. The molecule has 34 heavy (non-hydrogen) atoms. The molecule has 6 nitrogen and oxygen atoms in total. The third-order valence-electron chi connectivity index (χ3n) is 12.0. The van der Waals surface area contributed by atoms with E-state index in [9.17, 15) is 13.0 Å². The molecule has 11 atom stereocenters. The zero-order chi connectivity index (χ0) is 23.9. The van der Waals surface area contributed by atoms with Gasteiger partial charge in [0.25, 0.3) is 0 Å². The summed E-state index contributed by atoms with van der Waals surface area (Å²) < 4.78 is 50.8. The van der Waals surface area contributed by atoms with E-state index in [1.807, 2.05) is 0 Å². The molecule has 6 rings (SSSR count). The van der Waals surface area contributed by atoms with Crippen LogP contribution in [0, 0.1) is 52.3 Å². The van der Waals surface area contributed by atoms with Gasteiger partial charge in [0.1, 0.15) is 0 Å². The van der Waals surface area contributed by atoms with Gasteiger partial charge in [0.15, 0.2) is 5.79 Å². The van der Waals surface area contributed by atoms with Crippen molar-refractivity contribution in [1.82, 2.24) is 0 Å². The van der Waals surface area contributed by atoms with Crippen LogP contribution in [0.4, 0.5) is 0 Å². The highest BCUT2D eigenvalue weighted by atomic mass is 32.3. The highest BCUT2D eigenvalue weighted by Gasteiger charge is 2.70. The van der Waals surface area contributed by atoms with E-state index >= 15 is 0 Å². The van der Waals surface area contributed by atoms with Crippen molar-refractivity contribution in [3.8, 4) is 0 Å². The van der Waals surface area contributed by atoms with Crippen molar-refractivity contribution in [1.29, 1.82) is 0 Å². The van der Waals surface area contributed by atoms with Gasteiger partial charge >= 0.3 is 10.4 Å². The first kappa shape index (κ1) is 24.1. The van der Waals surface area contributed by atoms with Crippen molar-refractivity contribution in [2.75, 3.05) is 13.2 Å². The number of ether oxygens (including phenoxy) is 2. The Kier molecular flexibility index (Phi) is 5.78. The van der Waals surface area contributed by atoms with Gasteiger partial charge in [-0.25, -0.2) is 4.18 Å². The fraction of sp³-hybridized carbons (Fsp3) is 1.00. The summed E-state index contributed by atoms with van der Waals surface area (Å²) in [6, 6.07) is 0. The Morgan fingerprint density at radius 2 is 1.79 bits per heavy atom. The standard InChI is InChI=1S/C27H44O6S/c1-17-9-13-27(31-15-17)22(16-32-34(28,29)30)24-23(33-27)14-21-19-8-7-18-6-4-5-11-25(18,2)20(19)10-12-26(21,24)3/h17-24H,4-16H2,1-3H3,(H,28,29,30)/t17?,18?,19-,20+,21+,22+,23+,24+,25+,26+,27-/m1/s1. The van der Waals surface area contributed by atoms with Crippen LogP contribution in [0.3, 0.4) is 0 Å². The molecule has 2 aliphatic heterocycles. The smallest absolute Gasteiger partial charge is 0.349 e. The minimum atomic E-state index is -4.51. The summed E-state index contributed by atoms with van der Waals surface area (Å²) in [5.74, 6) is 2.84. The molecule has 2 unspecified atom stereocenters. The molecule has 0 aromatic heterocycles. The van der Waals surface area contributed by atoms with Crippen molar-refractivity contribution in [2.24, 2.45) is 52.3 Å². The number of hydrogen-bond acceptors (Lipinski definition) is 5. The monoisotopic (exact) mass is 496 g/mol. The Balaban J connectivity index is 1.30. The van der Waals surface area contributed by atoms with Crippen LogP contribution >= 0.6 is 0 Å². The van der Waals surface area contributed by atoms with Crippen molar-refractivity contribution in [3.05, 3.63) is 0 Å². The van der Waals surface area contributed by atoms with E-state index in [2.05, 4.69) is 20.8 Å². The molecule has 0 amide bonds. The molecule has 0 aromatic carbocycles. The minimum absolute atomic E-state index is 0.0510. The van der Waals surface area contributed by atoms with Crippen LogP contribution in [0.2, 0.25) is 0 Å². The van der Waals surface area contributed by atoms with Crippen LogP contribution in [0.25, 0.3) is 0 Å². The van der Waals surface area contributed by atoms with E-state index in [1.165, 1.54) is 51.4 Å². The predicted molar refractivity (Wildman–Crippen MR) is 128 cm³/mol. The Morgan fingerprint density at radius 1 is 0.971 bits per heavy atom. The molecule has 4 saturated carbocycles. The maximum Gasteiger partial charge on any atom is 0.397 e. The van der Waals surface area contributed by atoms with E-state index in [0.717, 1.165) is 37.0 Å². The molecule has 6 fully saturated rings. The second-order valence-electron chi connectivity index (χ2n) is 13.5. The Morgan fingerprint density at radius 3 is 2.53 bits per heavy atom. The molecule has 4 aliphatic carbocycles. The summed E-state index contributed by atoms with van der Waals surface area (Å²) in [5, 5.41) is 0. The molecule has 0 radical (unpaired) electrons. The summed E-state index contributed by atoms with van der Waals surface area (Å²) >= 11 is 0. The molecule has 1 spiro atoms. The second-order valence-corrected chi connectivity index (χ2v) is 14.5. The molecular weight excluding hydrogens is 452 g/mol. The van der Waals surface area contributed by atoms with Gasteiger partial charge in [-0.15, -0.1) is 0 Å². The first-order valence-electron chi connectivity index (χ1n) is 14.0. The highest BCUT2D eigenvalue weighted by molar-refractivity contribution is 7.80. The number of hydrogen-bond donors (Lipinski definition) is 1. The van der Waals surface area contributed by atoms with Gasteiger partial charge < -0.3 is 9.47 Å². The van der Waals surface area contributed by atoms with Crippen LogP contribution in [0.15, 0.2) is 0 Å². The summed E-state index contributed by atoms with van der Waals surface area (Å²) in [7, 11) is -4.51. The lowest BCUT2D eigenvalue weighted by Crippen LogP contribution is -2.55. The molecule has 194 valence electrons. The van der Waals surface area contributed by atoms with Crippen LogP contribution < -0.4 is 0 Å². The predicted octanol–water partition coefficient (Wildman–Crippen LogP) is 5.62. The fourth-order valence-corrected chi connectivity index (χ4v) is 10.8. The van der Waals surface area contributed by atoms with Gasteiger partial charge in [0.05, 0.1) is 19.3 Å². The summed E-state index contributed by atoms with van der Waals surface area (Å²) in [6.45, 7) is 7.84. The van der Waals surface area contributed by atoms with Crippen molar-refractivity contribution in [3.63, 3.8) is 0 Å². The lowest BCUT2D eigenvalue weighted by molar-refractivity contribution is -0.278. The van der Waals surface area contributed by atoms with Crippen LogP contribution in [-0.2, 0) is 24.1 Å². The summed E-state index contributed by atoms with van der Waals surface area (Å²) in [6.07, 6.45) is 13.7. The largest absolute Gasteiger partial charge is 0.397 e. The average molecular weight is 497 g/mol. The van der Waals surface area contributed by atoms with E-state index in [1.54, 1.807) is 0 Å². The van der Waals surface area contributed by atoms with Crippen LogP contribution in [-0.4, -0.2) is 38.1 Å². The molecule has 2 heterocycles. The number of rotatable bonds is 3. The molecule has 1 N–H and O–H groups in total. The third-order valence-corrected chi connectivity index (χ3v) is 12.4. The maximum absolute atomic E-state index is 11.6. The van der Waals surface area contributed by atoms with Gasteiger partial charge in [0, 0.05) is 18.3 Å². The average Bonchev–Trinajstić information content (AvgIpc) is 3.24. The van der Waals surface area contributed by atoms with Gasteiger partial charge in [-0.2, -0.15) is 8.42 Å². The van der Waals surface area contributed by atoms with Gasteiger partial charge in [-0.05, 0) is 91.8 Å². The fourth-order valence-electron chi connectivity index (χ4n) is 10.4. The second kappa shape index (κ2) is 8.14. The van der Waals surface area contributed by atoms with Crippen molar-refractivity contribution < 1.29 is 26.6 Å². The van der Waals surface area contributed by atoms with E-state index in [-0.39, 0.29) is 30.0 Å². The quantitative estimate of drug-likeness (QED) is 0.511. The van der Waals surface area contributed by atoms with E-state index in [4.69, 9.17) is 13.7 Å². The molecule has 6 aliphatic rings. The van der Waals surface area contributed by atoms with Crippen molar-refractivity contribution >= 4 is 10.4 Å². The van der Waals surface area contributed by atoms with Gasteiger partial charge in [-0.3, -0.25) is 4.55 Å². The van der Waals surface area contributed by atoms with Crippen LogP contribution in [0.1, 0.15) is 91.4 Å². The Labute approximate surface area is 205 Å². The highest BCUT2D eigenvalue weighted by Crippen LogP contribution is 2.71. The molecule has 7 heteroatoms. The maximum atomic E-state index is 11.6. The van der Waals surface area contributed by atoms with Gasteiger partial charge in [0.2, 0.25) is 0 Å². The molecular formula is C27H44O6S. The minimum Gasteiger partial charge on any atom is -0.349 e. The number of fused-ring (bicyclic) bond motifs is 7. The van der Waals surface area contributed by atoms with E-state index < -0.39 is 16.2 Å². The first-order valence-corrected chi connectivity index (χ1v) is 15.4. The zero-order valence-electron chi connectivity index (χ0n) is 21.2. The van der Waals surface area contributed by atoms with Crippen LogP contribution in [0.5, 0.6) is 0 Å². The first-order chi connectivity index (χ1) is 16.1. The molecule has 2 saturated heterocycles. The third kappa shape index (κ3) is 3.58. The summed E-state index contributed by atoms with van der Waals surface area (Å²) in [4.78, 5) is 0. The topological polar surface area (TPSA) is 82.1 Å². The SMILES string of the molecule is CC1CC[C@@]2(OC1)O[C@H]1C[C@H]3[C@@H]4CCC5CCCC[C@]5(C)[C@H]4CC[C@]3(C)[C@H]1[C@@H]2COS(=O)(=O)O. The molecule has 0 aromatic rings. The normalized spacial score (nSPS) is 54.8. The lowest BCUT2D eigenvalue weighted by Gasteiger charge is -2.61. The zero-order valence-corrected chi connectivity index (χ0v) is 22.0.